The molecule has 1 amide bonds. The van der Waals surface area contributed by atoms with Gasteiger partial charge in [0.2, 0.25) is 0 Å². The van der Waals surface area contributed by atoms with Crippen molar-refractivity contribution in [3.05, 3.63) is 52.2 Å². The molecule has 1 aliphatic heterocycles. The summed E-state index contributed by atoms with van der Waals surface area (Å²) in [6.07, 6.45) is 1.82. The van der Waals surface area contributed by atoms with Gasteiger partial charge in [0.15, 0.2) is 10.8 Å². The third-order valence-electron chi connectivity index (χ3n) is 4.47. The molecule has 0 saturated heterocycles. The van der Waals surface area contributed by atoms with Gasteiger partial charge in [-0.05, 0) is 56.5 Å². The van der Waals surface area contributed by atoms with E-state index in [1.807, 2.05) is 49.1 Å². The second-order valence-corrected chi connectivity index (χ2v) is 7.25. The number of amides is 1. The monoisotopic (exact) mass is 353 g/mol. The third kappa shape index (κ3) is 2.72. The Morgan fingerprint density at radius 1 is 1.28 bits per heavy atom. The summed E-state index contributed by atoms with van der Waals surface area (Å²) >= 11 is 1.38. The highest BCUT2D eigenvalue weighted by atomic mass is 32.1. The number of nitrogens with zero attached hydrogens (tertiary/aromatic N) is 2. The van der Waals surface area contributed by atoms with Crippen LogP contribution in [-0.2, 0) is 6.42 Å². The molecule has 0 unspecified atom stereocenters. The number of benzene rings is 1. The number of hydrogen-bond donors (Lipinski definition) is 1. The number of carbonyl (C=O) groups is 1. The predicted octanol–water partition coefficient (Wildman–Crippen LogP) is 4.20. The number of fused-ring (bicyclic) bond motifs is 1. The van der Waals surface area contributed by atoms with Crippen LogP contribution in [0, 0.1) is 13.8 Å². The molecule has 0 aliphatic carbocycles. The van der Waals surface area contributed by atoms with Crippen molar-refractivity contribution in [3.8, 4) is 10.8 Å². The van der Waals surface area contributed by atoms with Crippen LogP contribution < -0.4 is 10.6 Å². The van der Waals surface area contributed by atoms with E-state index in [0.717, 1.165) is 46.2 Å². The largest absolute Gasteiger partial charge is 0.459 e. The Hall–Kier alpha value is -2.60. The molecule has 4 rings (SSSR count). The first-order valence-corrected chi connectivity index (χ1v) is 9.09. The number of nitrogens with two attached hydrogens (primary N) is 1. The Labute approximate surface area is 150 Å². The van der Waals surface area contributed by atoms with E-state index in [4.69, 9.17) is 10.2 Å². The number of nitrogen functional groups attached to an aromatic ring is 1. The van der Waals surface area contributed by atoms with Crippen molar-refractivity contribution < 1.29 is 9.21 Å². The SMILES string of the molecule is Cc1ccc(-c2nc(C)c(C(=O)N3CCCc4c(N)cccc43)s2)o1. The fraction of sp³-hybridized carbons (Fsp3) is 0.263. The molecule has 5 nitrogen and oxygen atoms in total. The fourth-order valence-corrected chi connectivity index (χ4v) is 4.21. The van der Waals surface area contributed by atoms with Gasteiger partial charge in [-0.1, -0.05) is 6.07 Å². The molecule has 0 atom stereocenters. The van der Waals surface area contributed by atoms with Gasteiger partial charge >= 0.3 is 0 Å². The molecule has 0 radical (unpaired) electrons. The van der Waals surface area contributed by atoms with Crippen LogP contribution in [0.5, 0.6) is 0 Å². The fourth-order valence-electron chi connectivity index (χ4n) is 3.23. The Morgan fingerprint density at radius 3 is 2.88 bits per heavy atom. The van der Waals surface area contributed by atoms with Crippen molar-refractivity contribution in [3.63, 3.8) is 0 Å². The normalized spacial score (nSPS) is 13.8. The zero-order valence-corrected chi connectivity index (χ0v) is 15.0. The molecule has 0 saturated carbocycles. The van der Waals surface area contributed by atoms with Crippen LogP contribution in [0.3, 0.4) is 0 Å². The van der Waals surface area contributed by atoms with Crippen LogP contribution >= 0.6 is 11.3 Å². The maximum Gasteiger partial charge on any atom is 0.270 e. The van der Waals surface area contributed by atoms with Crippen LogP contribution in [0.4, 0.5) is 11.4 Å². The standard InChI is InChI=1S/C19H19N3O2S/c1-11-8-9-16(24-11)18-21-12(2)17(25-18)19(23)22-10-4-5-13-14(20)6-3-7-15(13)22/h3,6-9H,4-5,10,20H2,1-2H3. The molecule has 2 aromatic heterocycles. The molecule has 1 aliphatic rings. The number of anilines is 2. The molecule has 128 valence electrons. The van der Waals surface area contributed by atoms with Gasteiger partial charge in [0, 0.05) is 17.9 Å². The maximum atomic E-state index is 13.2. The molecule has 0 bridgehead atoms. The van der Waals surface area contributed by atoms with E-state index >= 15 is 0 Å². The summed E-state index contributed by atoms with van der Waals surface area (Å²) in [5, 5.41) is 0.735. The molecule has 25 heavy (non-hydrogen) atoms. The van der Waals surface area contributed by atoms with Crippen LogP contribution in [0.2, 0.25) is 0 Å². The quantitative estimate of drug-likeness (QED) is 0.701. The lowest BCUT2D eigenvalue weighted by Crippen LogP contribution is -2.35. The summed E-state index contributed by atoms with van der Waals surface area (Å²) in [7, 11) is 0. The van der Waals surface area contributed by atoms with Crippen molar-refractivity contribution in [1.29, 1.82) is 0 Å². The number of thiazole rings is 1. The Kier molecular flexibility index (Phi) is 3.84. The summed E-state index contributed by atoms with van der Waals surface area (Å²) in [5.74, 6) is 1.51. The highest BCUT2D eigenvalue weighted by molar-refractivity contribution is 7.17. The van der Waals surface area contributed by atoms with Crippen molar-refractivity contribution in [2.45, 2.75) is 26.7 Å². The molecule has 0 spiro atoms. The molecule has 3 aromatic rings. The number of aromatic nitrogens is 1. The first-order valence-electron chi connectivity index (χ1n) is 8.28. The lowest BCUT2D eigenvalue weighted by molar-refractivity contribution is 0.0988. The number of aryl methyl sites for hydroxylation is 2. The Balaban J connectivity index is 1.71. The van der Waals surface area contributed by atoms with E-state index in [1.165, 1.54) is 11.3 Å². The third-order valence-corrected chi connectivity index (χ3v) is 5.63. The van der Waals surface area contributed by atoms with Gasteiger partial charge in [-0.15, -0.1) is 11.3 Å². The van der Waals surface area contributed by atoms with Crippen LogP contribution in [0.1, 0.15) is 33.1 Å². The zero-order valence-electron chi connectivity index (χ0n) is 14.2. The van der Waals surface area contributed by atoms with Gasteiger partial charge in [-0.25, -0.2) is 4.98 Å². The second kappa shape index (κ2) is 6.04. The van der Waals surface area contributed by atoms with Crippen LogP contribution in [-0.4, -0.2) is 17.4 Å². The summed E-state index contributed by atoms with van der Waals surface area (Å²) < 4.78 is 5.64. The topological polar surface area (TPSA) is 72.4 Å². The van der Waals surface area contributed by atoms with E-state index in [0.29, 0.717) is 17.2 Å². The van der Waals surface area contributed by atoms with E-state index in [1.54, 1.807) is 0 Å². The van der Waals surface area contributed by atoms with Gasteiger partial charge in [0.1, 0.15) is 10.6 Å². The van der Waals surface area contributed by atoms with Gasteiger partial charge in [0.05, 0.1) is 5.69 Å². The lowest BCUT2D eigenvalue weighted by atomic mass is 9.99. The summed E-state index contributed by atoms with van der Waals surface area (Å²) in [4.78, 5) is 20.2. The number of rotatable bonds is 2. The minimum atomic E-state index is -0.0175. The van der Waals surface area contributed by atoms with Gasteiger partial charge in [-0.3, -0.25) is 4.79 Å². The van der Waals surface area contributed by atoms with Crippen LogP contribution in [0.15, 0.2) is 34.7 Å². The molecule has 6 heteroatoms. The minimum Gasteiger partial charge on any atom is -0.459 e. The summed E-state index contributed by atoms with van der Waals surface area (Å²) in [6, 6.07) is 9.55. The molecule has 0 fully saturated rings. The van der Waals surface area contributed by atoms with E-state index in [9.17, 15) is 4.79 Å². The molecular weight excluding hydrogens is 334 g/mol. The summed E-state index contributed by atoms with van der Waals surface area (Å²) in [5.41, 5.74) is 9.56. The van der Waals surface area contributed by atoms with Crippen LogP contribution in [0.25, 0.3) is 10.8 Å². The number of furan rings is 1. The number of hydrogen-bond acceptors (Lipinski definition) is 5. The lowest BCUT2D eigenvalue weighted by Gasteiger charge is -2.30. The first-order chi connectivity index (χ1) is 12.0. The molecular formula is C19H19N3O2S. The van der Waals surface area contributed by atoms with Gasteiger partial charge < -0.3 is 15.1 Å². The number of carbonyl (C=O) groups excluding carboxylic acids is 1. The van der Waals surface area contributed by atoms with Crippen molar-refractivity contribution >= 4 is 28.6 Å². The Bertz CT molecular complexity index is 957. The molecule has 1 aromatic carbocycles. The highest BCUT2D eigenvalue weighted by Gasteiger charge is 2.28. The average Bonchev–Trinajstić information content (AvgIpc) is 3.20. The van der Waals surface area contributed by atoms with E-state index in [-0.39, 0.29) is 5.91 Å². The summed E-state index contributed by atoms with van der Waals surface area (Å²) in [6.45, 7) is 4.46. The predicted molar refractivity (Wildman–Crippen MR) is 100 cm³/mol. The van der Waals surface area contributed by atoms with E-state index < -0.39 is 0 Å². The second-order valence-electron chi connectivity index (χ2n) is 6.25. The van der Waals surface area contributed by atoms with E-state index in [2.05, 4.69) is 4.98 Å². The highest BCUT2D eigenvalue weighted by Crippen LogP contribution is 2.35. The van der Waals surface area contributed by atoms with Crippen molar-refractivity contribution in [2.24, 2.45) is 0 Å². The smallest absolute Gasteiger partial charge is 0.270 e. The zero-order chi connectivity index (χ0) is 17.6. The molecule has 2 N–H and O–H groups in total. The van der Waals surface area contributed by atoms with Gasteiger partial charge in [-0.2, -0.15) is 0 Å². The minimum absolute atomic E-state index is 0.0175. The first kappa shape index (κ1) is 15.9. The average molecular weight is 353 g/mol. The van der Waals surface area contributed by atoms with Gasteiger partial charge in [0.25, 0.3) is 5.91 Å². The van der Waals surface area contributed by atoms with Crippen molar-refractivity contribution in [1.82, 2.24) is 4.98 Å². The molecule has 3 heterocycles. The Morgan fingerprint density at radius 2 is 2.12 bits per heavy atom. The van der Waals surface area contributed by atoms with Crippen molar-refractivity contribution in [2.75, 3.05) is 17.2 Å². The maximum absolute atomic E-state index is 13.2.